The first kappa shape index (κ1) is 29.0. The summed E-state index contributed by atoms with van der Waals surface area (Å²) in [6, 6.07) is 9.67. The Hall–Kier alpha value is -4.01. The minimum absolute atomic E-state index is 0.0506. The molecular formula is C20H14F8N2O5. The first-order valence-electron chi connectivity index (χ1n) is 8.84. The molecule has 7 nitrogen and oxygen atoms in total. The Morgan fingerprint density at radius 2 is 1.37 bits per heavy atom. The van der Waals surface area contributed by atoms with E-state index in [0.29, 0.717) is 16.6 Å². The lowest BCUT2D eigenvalue weighted by Gasteiger charge is -2.15. The van der Waals surface area contributed by atoms with Gasteiger partial charge in [0, 0.05) is 17.1 Å². The molecule has 3 aromatic rings. The van der Waals surface area contributed by atoms with Gasteiger partial charge in [0.05, 0.1) is 6.04 Å². The molecule has 1 heterocycles. The summed E-state index contributed by atoms with van der Waals surface area (Å²) in [6.45, 7) is 0. The van der Waals surface area contributed by atoms with Crippen molar-refractivity contribution >= 4 is 22.8 Å². The van der Waals surface area contributed by atoms with Crippen molar-refractivity contribution in [3.05, 3.63) is 71.4 Å². The van der Waals surface area contributed by atoms with Crippen molar-refractivity contribution < 1.29 is 60.0 Å². The number of rotatable bonds is 2. The average molecular weight is 514 g/mol. The Morgan fingerprint density at radius 3 is 1.83 bits per heavy atom. The van der Waals surface area contributed by atoms with Gasteiger partial charge in [-0.25, -0.2) is 18.4 Å². The number of phenols is 1. The fourth-order valence-corrected chi connectivity index (χ4v) is 2.28. The molecule has 1 aromatic heterocycles. The molecule has 0 saturated carbocycles. The van der Waals surface area contributed by atoms with E-state index < -0.39 is 42.0 Å². The Balaban J connectivity index is 0.000000362. The fourth-order valence-electron chi connectivity index (χ4n) is 2.28. The van der Waals surface area contributed by atoms with Gasteiger partial charge in [-0.1, -0.05) is 24.3 Å². The van der Waals surface area contributed by atoms with Gasteiger partial charge in [-0.2, -0.15) is 26.3 Å². The van der Waals surface area contributed by atoms with Crippen LogP contribution in [0, 0.1) is 11.6 Å². The number of phenolic OH excluding ortho intramolecular Hbond substituents is 1. The number of aliphatic carboxylic acids is 2. The molecule has 1 atom stereocenters. The molecule has 35 heavy (non-hydrogen) atoms. The van der Waals surface area contributed by atoms with E-state index in [4.69, 9.17) is 25.5 Å². The first-order valence-corrected chi connectivity index (χ1v) is 8.84. The van der Waals surface area contributed by atoms with E-state index in [-0.39, 0.29) is 5.75 Å². The maximum Gasteiger partial charge on any atom is 0.490 e. The molecule has 0 bridgehead atoms. The van der Waals surface area contributed by atoms with Gasteiger partial charge in [0.25, 0.3) is 0 Å². The van der Waals surface area contributed by atoms with Crippen LogP contribution in [0.15, 0.2) is 48.7 Å². The molecule has 1 unspecified atom stereocenters. The fraction of sp³-hybridized carbons (Fsp3) is 0.150. The third kappa shape index (κ3) is 8.37. The van der Waals surface area contributed by atoms with Crippen molar-refractivity contribution in [3.63, 3.8) is 0 Å². The molecule has 15 heteroatoms. The molecule has 0 aliphatic heterocycles. The molecule has 2 aromatic carbocycles. The van der Waals surface area contributed by atoms with Crippen molar-refractivity contribution in [2.24, 2.45) is 5.73 Å². The highest BCUT2D eigenvalue weighted by Crippen LogP contribution is 2.33. The summed E-state index contributed by atoms with van der Waals surface area (Å²) in [6.07, 6.45) is -8.60. The Labute approximate surface area is 190 Å². The van der Waals surface area contributed by atoms with E-state index in [0.717, 1.165) is 17.5 Å². The second-order valence-corrected chi connectivity index (χ2v) is 6.34. The van der Waals surface area contributed by atoms with Crippen LogP contribution in [0.25, 0.3) is 10.9 Å². The summed E-state index contributed by atoms with van der Waals surface area (Å²) in [4.78, 5) is 21.9. The zero-order chi connectivity index (χ0) is 27.1. The Kier molecular flexibility index (Phi) is 9.47. The minimum atomic E-state index is -5.08. The zero-order valence-electron chi connectivity index (χ0n) is 16.9. The van der Waals surface area contributed by atoms with Crippen LogP contribution in [-0.2, 0) is 9.59 Å². The number of nitrogens with two attached hydrogens (primary N) is 1. The smallest absolute Gasteiger partial charge is 0.490 e. The highest BCUT2D eigenvalue weighted by atomic mass is 19.4. The van der Waals surface area contributed by atoms with Gasteiger partial charge in [0.1, 0.15) is 11.3 Å². The number of carboxylic acid groups (broad SMARTS) is 2. The van der Waals surface area contributed by atoms with Crippen molar-refractivity contribution in [1.82, 2.24) is 4.98 Å². The number of aromatic nitrogens is 1. The molecule has 0 fully saturated rings. The lowest BCUT2D eigenvalue weighted by molar-refractivity contribution is -0.193. The van der Waals surface area contributed by atoms with Gasteiger partial charge >= 0.3 is 24.3 Å². The van der Waals surface area contributed by atoms with Crippen LogP contribution in [0.2, 0.25) is 0 Å². The van der Waals surface area contributed by atoms with E-state index in [2.05, 4.69) is 4.98 Å². The van der Waals surface area contributed by atoms with Crippen LogP contribution >= 0.6 is 0 Å². The second-order valence-electron chi connectivity index (χ2n) is 6.34. The number of alkyl halides is 6. The largest absolute Gasteiger partial charge is 0.505 e. The van der Waals surface area contributed by atoms with Crippen molar-refractivity contribution in [2.75, 3.05) is 0 Å². The monoisotopic (exact) mass is 514 g/mol. The molecule has 0 saturated heterocycles. The normalized spacial score (nSPS) is 12.0. The molecule has 0 spiro atoms. The number of aromatic hydroxyl groups is 1. The standard InChI is InChI=1S/C16H12F2N2O.2C2HF3O2/c17-12-6-4-10(8-13(12)18)14(19)11-5-3-9-2-1-7-20-15(9)16(11)21;2*3-2(4,5)1(6)7/h1-8,14,21H,19H2;2*(H,6,7). The topological polar surface area (TPSA) is 134 Å². The molecule has 0 amide bonds. The number of pyridine rings is 1. The molecule has 5 N–H and O–H groups in total. The molecule has 0 radical (unpaired) electrons. The minimum Gasteiger partial charge on any atom is -0.505 e. The van der Waals surface area contributed by atoms with Crippen LogP contribution in [-0.4, -0.2) is 44.6 Å². The SMILES string of the molecule is NC(c1ccc(F)c(F)c1)c1ccc2cccnc2c1O.O=C(O)C(F)(F)F.O=C(O)C(F)(F)F. The number of carboxylic acids is 2. The van der Waals surface area contributed by atoms with Crippen LogP contribution in [0.3, 0.4) is 0 Å². The lowest BCUT2D eigenvalue weighted by Crippen LogP contribution is -2.21. The summed E-state index contributed by atoms with van der Waals surface area (Å²) in [5.41, 5.74) is 7.26. The van der Waals surface area contributed by atoms with Crippen molar-refractivity contribution in [2.45, 2.75) is 18.4 Å². The maximum absolute atomic E-state index is 13.3. The van der Waals surface area contributed by atoms with Crippen LogP contribution < -0.4 is 5.73 Å². The number of benzene rings is 2. The van der Waals surface area contributed by atoms with E-state index in [9.17, 15) is 40.2 Å². The highest BCUT2D eigenvalue weighted by molar-refractivity contribution is 5.85. The zero-order valence-corrected chi connectivity index (χ0v) is 16.9. The number of hydrogen-bond acceptors (Lipinski definition) is 5. The molecule has 0 aliphatic carbocycles. The number of fused-ring (bicyclic) bond motifs is 1. The predicted octanol–water partition coefficient (Wildman–Crippen LogP) is 4.53. The van der Waals surface area contributed by atoms with Gasteiger partial charge in [-0.15, -0.1) is 0 Å². The van der Waals surface area contributed by atoms with Gasteiger partial charge < -0.3 is 21.1 Å². The molecule has 3 rings (SSSR count). The van der Waals surface area contributed by atoms with Crippen LogP contribution in [0.1, 0.15) is 17.2 Å². The summed E-state index contributed by atoms with van der Waals surface area (Å²) in [5.74, 6) is -7.47. The van der Waals surface area contributed by atoms with E-state index in [1.807, 2.05) is 6.07 Å². The van der Waals surface area contributed by atoms with Crippen LogP contribution in [0.5, 0.6) is 5.75 Å². The van der Waals surface area contributed by atoms with E-state index in [1.54, 1.807) is 24.4 Å². The van der Waals surface area contributed by atoms with Gasteiger partial charge in [-0.05, 0) is 23.8 Å². The van der Waals surface area contributed by atoms with E-state index >= 15 is 0 Å². The molecule has 190 valence electrons. The summed E-state index contributed by atoms with van der Waals surface area (Å²) in [5, 5.41) is 25.3. The molecule has 0 aliphatic rings. The lowest BCUT2D eigenvalue weighted by atomic mass is 9.97. The number of nitrogens with zero attached hydrogens (tertiary/aromatic N) is 1. The number of halogens is 8. The average Bonchev–Trinajstić information content (AvgIpc) is 2.75. The van der Waals surface area contributed by atoms with Crippen molar-refractivity contribution in [3.8, 4) is 5.75 Å². The maximum atomic E-state index is 13.3. The number of hydrogen-bond donors (Lipinski definition) is 4. The van der Waals surface area contributed by atoms with Crippen molar-refractivity contribution in [1.29, 1.82) is 0 Å². The third-order valence-corrected chi connectivity index (χ3v) is 3.90. The van der Waals surface area contributed by atoms with Crippen LogP contribution in [0.4, 0.5) is 35.1 Å². The Bertz CT molecular complexity index is 1170. The summed E-state index contributed by atoms with van der Waals surface area (Å²) < 4.78 is 89.8. The quantitative estimate of drug-likeness (QED) is 0.369. The van der Waals surface area contributed by atoms with Gasteiger partial charge in [0.15, 0.2) is 11.6 Å². The predicted molar refractivity (Wildman–Crippen MR) is 103 cm³/mol. The van der Waals surface area contributed by atoms with Gasteiger partial charge in [0.2, 0.25) is 0 Å². The summed E-state index contributed by atoms with van der Waals surface area (Å²) in [7, 11) is 0. The molecular weight excluding hydrogens is 500 g/mol. The van der Waals surface area contributed by atoms with Gasteiger partial charge in [-0.3, -0.25) is 4.98 Å². The first-order chi connectivity index (χ1) is 16.0. The Morgan fingerprint density at radius 1 is 0.857 bits per heavy atom. The number of carbonyl (C=O) groups is 2. The highest BCUT2D eigenvalue weighted by Gasteiger charge is 2.38. The third-order valence-electron chi connectivity index (χ3n) is 3.90. The second kappa shape index (κ2) is 11.4. The summed E-state index contributed by atoms with van der Waals surface area (Å²) >= 11 is 0. The van der Waals surface area contributed by atoms with E-state index in [1.165, 1.54) is 6.07 Å².